The Morgan fingerprint density at radius 3 is 2.43 bits per heavy atom. The van der Waals surface area contributed by atoms with Crippen LogP contribution < -0.4 is 11.2 Å². The molecule has 0 saturated heterocycles. The lowest BCUT2D eigenvalue weighted by Crippen LogP contribution is -2.11. The van der Waals surface area contributed by atoms with Crippen LogP contribution in [-0.2, 0) is 4.74 Å². The molecule has 0 amide bonds. The molecule has 0 aromatic heterocycles. The second kappa shape index (κ2) is 6.01. The van der Waals surface area contributed by atoms with Crippen molar-refractivity contribution in [3.8, 4) is 0 Å². The first kappa shape index (κ1) is 15.0. The largest absolute Gasteiger partial charge is 0.465 e. The molecule has 14 heavy (non-hydrogen) atoms. The molecule has 0 heterocycles. The molecule has 6 heteroatoms. The highest BCUT2D eigenvalue weighted by Crippen LogP contribution is 2.04. The maximum atomic E-state index is 11.0. The number of methoxy groups -OCH3 is 1. The van der Waals surface area contributed by atoms with Gasteiger partial charge in [0.25, 0.3) is 0 Å². The van der Waals surface area contributed by atoms with Crippen LogP contribution >= 0.6 is 0 Å². The lowest BCUT2D eigenvalue weighted by atomic mass is 9.93. The maximum Gasteiger partial charge on any atom is 0.337 e. The maximum absolute atomic E-state index is 11.0. The lowest BCUT2D eigenvalue weighted by molar-refractivity contribution is 0.0601. The van der Waals surface area contributed by atoms with E-state index in [-0.39, 0.29) is 16.9 Å². The van der Waals surface area contributed by atoms with E-state index in [1.54, 1.807) is 18.2 Å². The van der Waals surface area contributed by atoms with E-state index >= 15 is 0 Å². The Balaban J connectivity index is 0. The summed E-state index contributed by atoms with van der Waals surface area (Å²) in [5.41, 5.74) is 7.66. The van der Waals surface area contributed by atoms with Crippen LogP contribution in [0.15, 0.2) is 18.2 Å². The minimum atomic E-state index is -0.360. The second-order valence-electron chi connectivity index (χ2n) is 2.56. The van der Waals surface area contributed by atoms with E-state index in [2.05, 4.69) is 4.74 Å². The van der Waals surface area contributed by atoms with Gasteiger partial charge >= 0.3 is 5.97 Å². The van der Waals surface area contributed by atoms with Crippen molar-refractivity contribution in [1.29, 1.82) is 0 Å². The molecule has 0 aliphatic rings. The average Bonchev–Trinajstić information content (AvgIpc) is 2.08. The number of nitrogen functional groups attached to an aromatic ring is 1. The van der Waals surface area contributed by atoms with E-state index in [0.717, 1.165) is 5.46 Å². The molecule has 78 valence electrons. The van der Waals surface area contributed by atoms with Crippen molar-refractivity contribution in [1.82, 2.24) is 0 Å². The number of carbonyl (C=O) groups excluding carboxylic acids is 1. The van der Waals surface area contributed by atoms with E-state index in [1.165, 1.54) is 7.11 Å². The minimum Gasteiger partial charge on any atom is -0.465 e. The summed E-state index contributed by atoms with van der Waals surface area (Å²) in [5.74, 6) is -0.360. The molecule has 1 aromatic rings. The smallest absolute Gasteiger partial charge is 0.337 e. The van der Waals surface area contributed by atoms with Gasteiger partial charge in [0.05, 0.1) is 12.7 Å². The van der Waals surface area contributed by atoms with Gasteiger partial charge in [-0.1, -0.05) is 11.5 Å². The van der Waals surface area contributed by atoms with Crippen LogP contribution in [0, 0.1) is 0 Å². The van der Waals surface area contributed by atoms with Crippen molar-refractivity contribution in [3.05, 3.63) is 23.8 Å². The Labute approximate surface area is 82.9 Å². The molecular formula is C8H14BNO4. The number of esters is 1. The van der Waals surface area contributed by atoms with Crippen LogP contribution in [0.4, 0.5) is 5.69 Å². The molecule has 0 aliphatic heterocycles. The van der Waals surface area contributed by atoms with Gasteiger partial charge in [0.15, 0.2) is 0 Å². The molecule has 0 spiro atoms. The molecule has 0 aliphatic carbocycles. The number of nitrogens with two attached hydrogens (primary N) is 1. The van der Waals surface area contributed by atoms with Gasteiger partial charge in [-0.2, -0.15) is 0 Å². The first-order chi connectivity index (χ1) is 5.65. The van der Waals surface area contributed by atoms with E-state index in [1.807, 2.05) is 7.85 Å². The quantitative estimate of drug-likeness (QED) is 0.310. The Hall–Kier alpha value is -1.53. The minimum absolute atomic E-state index is 0. The Morgan fingerprint density at radius 1 is 1.43 bits per heavy atom. The Kier molecular flexibility index (Phi) is 6.43. The van der Waals surface area contributed by atoms with Crippen LogP contribution in [0.25, 0.3) is 0 Å². The van der Waals surface area contributed by atoms with Crippen LogP contribution in [0.3, 0.4) is 0 Å². The molecule has 0 fully saturated rings. The zero-order valence-corrected chi connectivity index (χ0v) is 8.13. The fourth-order valence-corrected chi connectivity index (χ4v) is 0.885. The molecule has 0 bridgehead atoms. The summed E-state index contributed by atoms with van der Waals surface area (Å²) in [7, 11) is 3.23. The average molecular weight is 199 g/mol. The molecular weight excluding hydrogens is 185 g/mol. The van der Waals surface area contributed by atoms with Crippen molar-refractivity contribution < 1.29 is 20.5 Å². The van der Waals surface area contributed by atoms with Crippen LogP contribution in [0.5, 0.6) is 0 Å². The third kappa shape index (κ3) is 3.08. The van der Waals surface area contributed by atoms with Gasteiger partial charge in [0.2, 0.25) is 0 Å². The first-order valence-corrected chi connectivity index (χ1v) is 3.59. The Morgan fingerprint density at radius 2 is 2.00 bits per heavy atom. The zero-order chi connectivity index (χ0) is 9.14. The predicted molar refractivity (Wildman–Crippen MR) is 57.6 cm³/mol. The van der Waals surface area contributed by atoms with Gasteiger partial charge < -0.3 is 21.4 Å². The van der Waals surface area contributed by atoms with Gasteiger partial charge in [-0.3, -0.25) is 0 Å². The number of carbonyl (C=O) groups is 1. The van der Waals surface area contributed by atoms with E-state index in [4.69, 9.17) is 5.73 Å². The third-order valence-electron chi connectivity index (χ3n) is 1.70. The molecule has 6 N–H and O–H groups in total. The predicted octanol–water partition coefficient (Wildman–Crippen LogP) is -2.34. The molecule has 1 aromatic carbocycles. The summed E-state index contributed by atoms with van der Waals surface area (Å²) in [5, 5.41) is 0. The monoisotopic (exact) mass is 199 g/mol. The number of rotatable bonds is 1. The molecule has 1 rings (SSSR count). The van der Waals surface area contributed by atoms with Gasteiger partial charge in [0, 0.05) is 5.69 Å². The van der Waals surface area contributed by atoms with Crippen molar-refractivity contribution in [3.63, 3.8) is 0 Å². The van der Waals surface area contributed by atoms with Gasteiger partial charge in [-0.15, -0.1) is 0 Å². The molecule has 0 saturated carbocycles. The molecule has 0 unspecified atom stereocenters. The summed E-state index contributed by atoms with van der Waals surface area (Å²) in [6, 6.07) is 5.10. The topological polar surface area (TPSA) is 115 Å². The van der Waals surface area contributed by atoms with Gasteiger partial charge in [-0.25, -0.2) is 4.79 Å². The third-order valence-corrected chi connectivity index (χ3v) is 1.70. The zero-order valence-electron chi connectivity index (χ0n) is 8.13. The summed E-state index contributed by atoms with van der Waals surface area (Å²) in [6.45, 7) is 0. The first-order valence-electron chi connectivity index (χ1n) is 3.59. The number of hydrogen-bond acceptors (Lipinski definition) is 3. The highest BCUT2D eigenvalue weighted by atomic mass is 16.5. The SMILES string of the molecule is Bc1ccc(C(=O)OC)cc1N.O.O. The van der Waals surface area contributed by atoms with Crippen molar-refractivity contribution in [2.45, 2.75) is 0 Å². The van der Waals surface area contributed by atoms with Crippen molar-refractivity contribution in [2.24, 2.45) is 0 Å². The molecule has 5 nitrogen and oxygen atoms in total. The molecule has 0 atom stereocenters. The summed E-state index contributed by atoms with van der Waals surface area (Å²) < 4.78 is 4.54. The Bertz CT molecular complexity index is 316. The lowest BCUT2D eigenvalue weighted by Gasteiger charge is -2.02. The van der Waals surface area contributed by atoms with Gasteiger partial charge in [-0.05, 0) is 12.1 Å². The fraction of sp³-hybridized carbons (Fsp3) is 0.125. The second-order valence-corrected chi connectivity index (χ2v) is 2.56. The molecule has 0 radical (unpaired) electrons. The van der Waals surface area contributed by atoms with Crippen molar-refractivity contribution >= 4 is 25.0 Å². The van der Waals surface area contributed by atoms with Crippen LogP contribution in [-0.4, -0.2) is 31.9 Å². The highest BCUT2D eigenvalue weighted by molar-refractivity contribution is 6.35. The van der Waals surface area contributed by atoms with Crippen LogP contribution in [0.1, 0.15) is 10.4 Å². The standard InChI is InChI=1S/C8H10BNO2.2H2O/c1-12-8(11)5-2-3-6(9)7(10)4-5;;/h2-4H,9-10H2,1H3;2*1H2. The number of anilines is 1. The van der Waals surface area contributed by atoms with Crippen molar-refractivity contribution in [2.75, 3.05) is 12.8 Å². The van der Waals surface area contributed by atoms with E-state index in [9.17, 15) is 4.79 Å². The fourth-order valence-electron chi connectivity index (χ4n) is 0.885. The van der Waals surface area contributed by atoms with Crippen LogP contribution in [0.2, 0.25) is 0 Å². The number of ether oxygens (including phenoxy) is 1. The van der Waals surface area contributed by atoms with Gasteiger partial charge in [0.1, 0.15) is 7.85 Å². The normalized spacial score (nSPS) is 8.07. The number of hydrogen-bond donors (Lipinski definition) is 1. The summed E-state index contributed by atoms with van der Waals surface area (Å²) >= 11 is 0. The van der Waals surface area contributed by atoms with E-state index < -0.39 is 0 Å². The highest BCUT2D eigenvalue weighted by Gasteiger charge is 2.05. The number of benzene rings is 1. The summed E-state index contributed by atoms with van der Waals surface area (Å²) in [4.78, 5) is 11.0. The van der Waals surface area contributed by atoms with E-state index in [0.29, 0.717) is 11.3 Å². The summed E-state index contributed by atoms with van der Waals surface area (Å²) in [6.07, 6.45) is 0.